The van der Waals surface area contributed by atoms with Gasteiger partial charge in [-0.2, -0.15) is 5.26 Å². The van der Waals surface area contributed by atoms with E-state index in [0.29, 0.717) is 6.20 Å². The molecule has 0 radical (unpaired) electrons. The lowest BCUT2D eigenvalue weighted by Gasteiger charge is -2.11. The van der Waals surface area contributed by atoms with E-state index in [1.807, 2.05) is 0 Å². The second-order valence-electron chi connectivity index (χ2n) is 2.71. The highest BCUT2D eigenvalue weighted by molar-refractivity contribution is 9.10. The fourth-order valence-corrected chi connectivity index (χ4v) is 2.45. The minimum absolute atomic E-state index is 0.494. The summed E-state index contributed by atoms with van der Waals surface area (Å²) in [6, 6.07) is 1.38. The molecule has 0 aliphatic heterocycles. The molecule has 0 aromatic carbocycles. The van der Waals surface area contributed by atoms with Gasteiger partial charge in [-0.25, -0.2) is 13.4 Å². The van der Waals surface area contributed by atoms with Crippen molar-refractivity contribution in [1.29, 1.82) is 5.26 Å². The molecule has 0 aliphatic rings. The minimum atomic E-state index is -5.00. The molecule has 0 aliphatic carbocycles. The summed E-state index contributed by atoms with van der Waals surface area (Å²) < 4.78 is 61.1. The topological polar surface area (TPSA) is 80.0 Å². The molecule has 98 valence electrons. The summed E-state index contributed by atoms with van der Waals surface area (Å²) in [6.45, 7) is 0. The first-order valence-corrected chi connectivity index (χ1v) is 6.95. The lowest BCUT2D eigenvalue weighted by Crippen LogP contribution is -2.18. The van der Waals surface area contributed by atoms with Crippen LogP contribution in [-0.2, 0) is 9.05 Å². The SMILES string of the molecule is N#Cc1c(S(=O)(=O)Cl)ncc(OC(F)(F)F)c1Br. The van der Waals surface area contributed by atoms with Crippen molar-refractivity contribution in [3.05, 3.63) is 16.2 Å². The van der Waals surface area contributed by atoms with Gasteiger partial charge in [0.15, 0.2) is 10.8 Å². The first kappa shape index (κ1) is 15.0. The predicted octanol–water partition coefficient (Wildman–Crippen LogP) is 2.54. The molecule has 1 heterocycles. The summed E-state index contributed by atoms with van der Waals surface area (Å²) in [5.41, 5.74) is -0.674. The Morgan fingerprint density at radius 3 is 2.44 bits per heavy atom. The van der Waals surface area contributed by atoms with Gasteiger partial charge in [-0.15, -0.1) is 13.2 Å². The number of ether oxygens (including phenoxy) is 1. The van der Waals surface area contributed by atoms with Crippen LogP contribution in [0.5, 0.6) is 5.75 Å². The Kier molecular flexibility index (Phi) is 4.09. The van der Waals surface area contributed by atoms with Gasteiger partial charge in [-0.1, -0.05) is 0 Å². The zero-order valence-corrected chi connectivity index (χ0v) is 11.2. The van der Waals surface area contributed by atoms with E-state index in [0.717, 1.165) is 0 Å². The molecule has 5 nitrogen and oxygen atoms in total. The third kappa shape index (κ3) is 3.47. The Bertz CT molecular complexity index is 626. The highest BCUT2D eigenvalue weighted by atomic mass is 79.9. The molecule has 18 heavy (non-hydrogen) atoms. The Morgan fingerprint density at radius 1 is 1.50 bits per heavy atom. The smallest absolute Gasteiger partial charge is 0.403 e. The summed E-state index contributed by atoms with van der Waals surface area (Å²) in [5.74, 6) is -0.844. The number of pyridine rings is 1. The molecular weight excluding hydrogens is 365 g/mol. The number of halogens is 5. The van der Waals surface area contributed by atoms with Crippen LogP contribution in [0, 0.1) is 11.3 Å². The number of nitriles is 1. The number of nitrogens with zero attached hydrogens (tertiary/aromatic N) is 2. The van der Waals surface area contributed by atoms with Gasteiger partial charge in [0.25, 0.3) is 9.05 Å². The van der Waals surface area contributed by atoms with Crippen LogP contribution < -0.4 is 4.74 Å². The average Bonchev–Trinajstić information content (AvgIpc) is 2.17. The predicted molar refractivity (Wildman–Crippen MR) is 56.4 cm³/mol. The van der Waals surface area contributed by atoms with Crippen molar-refractivity contribution in [3.8, 4) is 11.8 Å². The van der Waals surface area contributed by atoms with Crippen LogP contribution in [0.25, 0.3) is 0 Å². The first-order chi connectivity index (χ1) is 8.06. The maximum absolute atomic E-state index is 12.0. The average molecular weight is 366 g/mol. The molecule has 0 unspecified atom stereocenters. The van der Waals surface area contributed by atoms with Crippen LogP contribution in [0.3, 0.4) is 0 Å². The fraction of sp³-hybridized carbons (Fsp3) is 0.143. The zero-order chi connectivity index (χ0) is 14.1. The van der Waals surface area contributed by atoms with Gasteiger partial charge in [-0.05, 0) is 15.9 Å². The van der Waals surface area contributed by atoms with E-state index in [4.69, 9.17) is 15.9 Å². The minimum Gasteiger partial charge on any atom is -0.403 e. The molecule has 0 spiro atoms. The molecule has 0 saturated heterocycles. The van der Waals surface area contributed by atoms with Crippen LogP contribution >= 0.6 is 26.6 Å². The summed E-state index contributed by atoms with van der Waals surface area (Å²) in [6.07, 6.45) is -4.51. The molecular formula is C7HBrClF3N2O3S. The van der Waals surface area contributed by atoms with Crippen molar-refractivity contribution < 1.29 is 26.3 Å². The van der Waals surface area contributed by atoms with Gasteiger partial charge >= 0.3 is 6.36 Å². The molecule has 11 heteroatoms. The van der Waals surface area contributed by atoms with Crippen molar-refractivity contribution in [2.24, 2.45) is 0 Å². The van der Waals surface area contributed by atoms with Crippen molar-refractivity contribution >= 4 is 35.7 Å². The number of hydrogen-bond acceptors (Lipinski definition) is 5. The zero-order valence-electron chi connectivity index (χ0n) is 7.99. The second kappa shape index (κ2) is 4.91. The van der Waals surface area contributed by atoms with Gasteiger partial charge in [0.1, 0.15) is 11.6 Å². The van der Waals surface area contributed by atoms with Crippen LogP contribution in [-0.4, -0.2) is 19.8 Å². The molecule has 0 bridgehead atoms. The van der Waals surface area contributed by atoms with Crippen molar-refractivity contribution in [1.82, 2.24) is 4.98 Å². The van der Waals surface area contributed by atoms with E-state index in [1.165, 1.54) is 6.07 Å². The molecule has 1 rings (SSSR count). The van der Waals surface area contributed by atoms with E-state index < -0.39 is 36.2 Å². The maximum Gasteiger partial charge on any atom is 0.573 e. The Morgan fingerprint density at radius 2 is 2.06 bits per heavy atom. The number of alkyl halides is 3. The second-order valence-corrected chi connectivity index (χ2v) is 5.99. The number of rotatable bonds is 2. The van der Waals surface area contributed by atoms with Crippen molar-refractivity contribution in [2.45, 2.75) is 11.4 Å². The monoisotopic (exact) mass is 364 g/mol. The fourth-order valence-electron chi connectivity index (χ4n) is 0.933. The van der Waals surface area contributed by atoms with Crippen LogP contribution in [0.2, 0.25) is 0 Å². The normalized spacial score (nSPS) is 12.0. The third-order valence-corrected chi connectivity index (χ3v) is 3.51. The van der Waals surface area contributed by atoms with Crippen LogP contribution in [0.1, 0.15) is 5.56 Å². The summed E-state index contributed by atoms with van der Waals surface area (Å²) in [5, 5.41) is 7.85. The Balaban J connectivity index is 3.45. The molecule has 0 atom stereocenters. The van der Waals surface area contributed by atoms with Gasteiger partial charge in [0.2, 0.25) is 0 Å². The van der Waals surface area contributed by atoms with Gasteiger partial charge in [-0.3, -0.25) is 0 Å². The van der Waals surface area contributed by atoms with Crippen LogP contribution in [0.15, 0.2) is 15.7 Å². The molecule has 0 N–H and O–H groups in total. The summed E-state index contributed by atoms with van der Waals surface area (Å²) >= 11 is 2.63. The molecule has 0 amide bonds. The van der Waals surface area contributed by atoms with Gasteiger partial charge < -0.3 is 4.74 Å². The molecule has 1 aromatic heterocycles. The van der Waals surface area contributed by atoms with E-state index in [1.54, 1.807) is 0 Å². The van der Waals surface area contributed by atoms with Gasteiger partial charge in [0, 0.05) is 10.7 Å². The standard InChI is InChI=1S/C7HBrClF3N2O3S/c8-5-3(1-13)6(18(9,15)16)14-2-4(5)17-7(10,11)12/h2H. The third-order valence-electron chi connectivity index (χ3n) is 1.52. The largest absolute Gasteiger partial charge is 0.573 e. The Hall–Kier alpha value is -1.05. The van der Waals surface area contributed by atoms with E-state index in [-0.39, 0.29) is 0 Å². The quantitative estimate of drug-likeness (QED) is 0.753. The van der Waals surface area contributed by atoms with E-state index >= 15 is 0 Å². The first-order valence-electron chi connectivity index (χ1n) is 3.85. The lowest BCUT2D eigenvalue weighted by molar-refractivity contribution is -0.275. The molecule has 0 fully saturated rings. The van der Waals surface area contributed by atoms with Gasteiger partial charge in [0.05, 0.1) is 10.7 Å². The maximum atomic E-state index is 12.0. The highest BCUT2D eigenvalue weighted by Crippen LogP contribution is 2.35. The number of hydrogen-bond donors (Lipinski definition) is 0. The summed E-state index contributed by atoms with van der Waals surface area (Å²) in [7, 11) is 0.618. The summed E-state index contributed by atoms with van der Waals surface area (Å²) in [4.78, 5) is 3.17. The van der Waals surface area contributed by atoms with Crippen molar-refractivity contribution in [3.63, 3.8) is 0 Å². The van der Waals surface area contributed by atoms with Crippen LogP contribution in [0.4, 0.5) is 13.2 Å². The molecule has 1 aromatic rings. The lowest BCUT2D eigenvalue weighted by atomic mass is 10.3. The van der Waals surface area contributed by atoms with E-state index in [9.17, 15) is 21.6 Å². The highest BCUT2D eigenvalue weighted by Gasteiger charge is 2.33. The molecule has 0 saturated carbocycles. The van der Waals surface area contributed by atoms with Crippen molar-refractivity contribution in [2.75, 3.05) is 0 Å². The number of aromatic nitrogens is 1. The van der Waals surface area contributed by atoms with E-state index in [2.05, 4.69) is 25.7 Å². The Labute approximate surface area is 112 Å².